The molecule has 0 radical (unpaired) electrons. The third kappa shape index (κ3) is 1.71. The molecule has 2 aromatic rings. The van der Waals surface area contributed by atoms with Crippen molar-refractivity contribution < 1.29 is 8.78 Å². The average Bonchev–Trinajstić information content (AvgIpc) is 2.60. The Morgan fingerprint density at radius 3 is 2.60 bits per heavy atom. The molecule has 0 spiro atoms. The molecule has 0 saturated carbocycles. The summed E-state index contributed by atoms with van der Waals surface area (Å²) in [5, 5.41) is 4.63. The average molecular weight is 210 g/mol. The van der Waals surface area contributed by atoms with E-state index in [9.17, 15) is 8.78 Å². The van der Waals surface area contributed by atoms with Gasteiger partial charge in [0.1, 0.15) is 0 Å². The van der Waals surface area contributed by atoms with Crippen LogP contribution in [0.2, 0.25) is 0 Å². The normalized spacial score (nSPS) is 11.9. The highest BCUT2D eigenvalue weighted by molar-refractivity contribution is 5.82. The lowest BCUT2D eigenvalue weighted by atomic mass is 10.00. The van der Waals surface area contributed by atoms with Crippen LogP contribution in [0.25, 0.3) is 10.9 Å². The summed E-state index contributed by atoms with van der Waals surface area (Å²) in [5.74, 6) is 0.309. The zero-order chi connectivity index (χ0) is 11.0. The molecule has 0 N–H and O–H groups in total. The van der Waals surface area contributed by atoms with Crippen molar-refractivity contribution in [3.63, 3.8) is 0 Å². The van der Waals surface area contributed by atoms with Gasteiger partial charge in [-0.05, 0) is 17.5 Å². The van der Waals surface area contributed by atoms with Gasteiger partial charge in [-0.15, -0.1) is 0 Å². The third-order valence-electron chi connectivity index (χ3n) is 2.42. The third-order valence-corrected chi connectivity index (χ3v) is 2.42. The predicted octanol–water partition coefficient (Wildman–Crippen LogP) is 3.55. The fraction of sp³-hybridized carbons (Fsp3) is 0.364. The lowest BCUT2D eigenvalue weighted by Gasteiger charge is -2.04. The quantitative estimate of drug-likeness (QED) is 0.741. The standard InChI is InChI=1S/C11H12F2N2/c1-7(2)8-4-3-5-10-9(8)6-15(14-10)11(12)13/h3-7,11H,1-2H3. The van der Waals surface area contributed by atoms with Crippen LogP contribution in [-0.2, 0) is 0 Å². The Morgan fingerprint density at radius 1 is 1.27 bits per heavy atom. The first-order chi connectivity index (χ1) is 7.09. The van der Waals surface area contributed by atoms with Crippen molar-refractivity contribution in [2.45, 2.75) is 26.3 Å². The molecular weight excluding hydrogens is 198 g/mol. The number of fused-ring (bicyclic) bond motifs is 1. The van der Waals surface area contributed by atoms with Crippen LogP contribution in [0.5, 0.6) is 0 Å². The Labute approximate surface area is 86.5 Å². The number of aromatic nitrogens is 2. The van der Waals surface area contributed by atoms with Gasteiger partial charge in [-0.1, -0.05) is 26.0 Å². The Bertz CT molecular complexity index is 474. The summed E-state index contributed by atoms with van der Waals surface area (Å²) in [6, 6.07) is 5.55. The second-order valence-corrected chi connectivity index (χ2v) is 3.82. The molecule has 1 heterocycles. The van der Waals surface area contributed by atoms with Crippen molar-refractivity contribution in [3.05, 3.63) is 30.0 Å². The largest absolute Gasteiger partial charge is 0.333 e. The molecule has 2 rings (SSSR count). The van der Waals surface area contributed by atoms with Crippen LogP contribution in [0.1, 0.15) is 31.9 Å². The Morgan fingerprint density at radius 2 is 2.00 bits per heavy atom. The Balaban J connectivity index is 2.64. The van der Waals surface area contributed by atoms with E-state index in [2.05, 4.69) is 5.10 Å². The maximum atomic E-state index is 12.4. The van der Waals surface area contributed by atoms with Gasteiger partial charge in [0.2, 0.25) is 0 Å². The molecule has 80 valence electrons. The minimum Gasteiger partial charge on any atom is -0.210 e. The van der Waals surface area contributed by atoms with Crippen LogP contribution in [0.15, 0.2) is 24.4 Å². The van der Waals surface area contributed by atoms with Crippen LogP contribution >= 0.6 is 0 Å². The molecule has 15 heavy (non-hydrogen) atoms. The molecule has 0 aliphatic heterocycles. The van der Waals surface area contributed by atoms with Gasteiger partial charge in [0.05, 0.1) is 5.52 Å². The number of hydrogen-bond donors (Lipinski definition) is 0. The van der Waals surface area contributed by atoms with E-state index >= 15 is 0 Å². The maximum absolute atomic E-state index is 12.4. The molecule has 0 bridgehead atoms. The fourth-order valence-electron chi connectivity index (χ4n) is 1.69. The van der Waals surface area contributed by atoms with Crippen LogP contribution < -0.4 is 0 Å². The van der Waals surface area contributed by atoms with Crippen molar-refractivity contribution in [2.24, 2.45) is 0 Å². The van der Waals surface area contributed by atoms with Crippen molar-refractivity contribution in [1.82, 2.24) is 9.78 Å². The van der Waals surface area contributed by atoms with E-state index in [1.807, 2.05) is 26.0 Å². The van der Waals surface area contributed by atoms with E-state index in [4.69, 9.17) is 0 Å². The second kappa shape index (κ2) is 3.61. The number of nitrogens with zero attached hydrogens (tertiary/aromatic N) is 2. The zero-order valence-corrected chi connectivity index (χ0v) is 8.61. The van der Waals surface area contributed by atoms with Crippen molar-refractivity contribution in [2.75, 3.05) is 0 Å². The minimum absolute atomic E-state index is 0.309. The SMILES string of the molecule is CC(C)c1cccc2nn(C(F)F)cc12. The van der Waals surface area contributed by atoms with Gasteiger partial charge in [-0.2, -0.15) is 13.9 Å². The van der Waals surface area contributed by atoms with Gasteiger partial charge in [-0.3, -0.25) is 0 Å². The lowest BCUT2D eigenvalue weighted by molar-refractivity contribution is 0.0573. The summed E-state index contributed by atoms with van der Waals surface area (Å²) >= 11 is 0. The number of alkyl halides is 2. The summed E-state index contributed by atoms with van der Waals surface area (Å²) in [5.41, 5.74) is 1.68. The van der Waals surface area contributed by atoms with Crippen LogP contribution in [-0.4, -0.2) is 9.78 Å². The summed E-state index contributed by atoms with van der Waals surface area (Å²) < 4.78 is 25.6. The first kappa shape index (κ1) is 10.1. The van der Waals surface area contributed by atoms with E-state index in [0.717, 1.165) is 10.9 Å². The van der Waals surface area contributed by atoms with E-state index in [1.54, 1.807) is 6.07 Å². The lowest BCUT2D eigenvalue weighted by Crippen LogP contribution is -1.96. The van der Waals surface area contributed by atoms with E-state index in [1.165, 1.54) is 6.20 Å². The highest BCUT2D eigenvalue weighted by atomic mass is 19.3. The van der Waals surface area contributed by atoms with Gasteiger partial charge in [0.25, 0.3) is 0 Å². The van der Waals surface area contributed by atoms with Crippen LogP contribution in [0.4, 0.5) is 8.78 Å². The molecular formula is C11H12F2N2. The Kier molecular flexibility index (Phi) is 2.42. The van der Waals surface area contributed by atoms with Gasteiger partial charge in [-0.25, -0.2) is 4.68 Å². The first-order valence-electron chi connectivity index (χ1n) is 4.85. The first-order valence-corrected chi connectivity index (χ1v) is 4.85. The summed E-state index contributed by atoms with van der Waals surface area (Å²) in [7, 11) is 0. The van der Waals surface area contributed by atoms with Crippen LogP contribution in [0, 0.1) is 0 Å². The second-order valence-electron chi connectivity index (χ2n) is 3.82. The molecule has 0 aliphatic rings. The van der Waals surface area contributed by atoms with E-state index in [0.29, 0.717) is 16.1 Å². The summed E-state index contributed by atoms with van der Waals surface area (Å²) in [4.78, 5) is 0. The molecule has 0 saturated heterocycles. The highest BCUT2D eigenvalue weighted by Gasteiger charge is 2.12. The molecule has 0 amide bonds. The van der Waals surface area contributed by atoms with Crippen molar-refractivity contribution >= 4 is 10.9 Å². The van der Waals surface area contributed by atoms with E-state index in [-0.39, 0.29) is 0 Å². The molecule has 2 nitrogen and oxygen atoms in total. The number of rotatable bonds is 2. The van der Waals surface area contributed by atoms with E-state index < -0.39 is 6.55 Å². The molecule has 0 aliphatic carbocycles. The number of halogens is 2. The molecule has 4 heteroatoms. The number of benzene rings is 1. The fourth-order valence-corrected chi connectivity index (χ4v) is 1.69. The monoisotopic (exact) mass is 210 g/mol. The molecule has 0 atom stereocenters. The molecule has 0 fully saturated rings. The smallest absolute Gasteiger partial charge is 0.210 e. The number of hydrogen-bond acceptors (Lipinski definition) is 1. The van der Waals surface area contributed by atoms with Gasteiger partial charge in [0, 0.05) is 11.6 Å². The molecule has 1 aromatic heterocycles. The van der Waals surface area contributed by atoms with Crippen LogP contribution in [0.3, 0.4) is 0 Å². The zero-order valence-electron chi connectivity index (χ0n) is 8.61. The van der Waals surface area contributed by atoms with Gasteiger partial charge < -0.3 is 0 Å². The Hall–Kier alpha value is -1.45. The highest BCUT2D eigenvalue weighted by Crippen LogP contribution is 2.25. The minimum atomic E-state index is -2.57. The summed E-state index contributed by atoms with van der Waals surface area (Å²) in [6.45, 7) is 1.50. The summed E-state index contributed by atoms with van der Waals surface area (Å²) in [6.07, 6.45) is 1.41. The topological polar surface area (TPSA) is 17.8 Å². The van der Waals surface area contributed by atoms with Crippen molar-refractivity contribution in [1.29, 1.82) is 0 Å². The molecule has 0 unspecified atom stereocenters. The predicted molar refractivity (Wildman–Crippen MR) is 55.1 cm³/mol. The van der Waals surface area contributed by atoms with Gasteiger partial charge >= 0.3 is 6.55 Å². The van der Waals surface area contributed by atoms with Gasteiger partial charge in [0.15, 0.2) is 0 Å². The van der Waals surface area contributed by atoms with Crippen molar-refractivity contribution in [3.8, 4) is 0 Å². The molecule has 1 aromatic carbocycles. The maximum Gasteiger partial charge on any atom is 0.333 e.